The van der Waals surface area contributed by atoms with Crippen LogP contribution in [-0.2, 0) is 16.1 Å². The number of aromatic nitrogens is 1. The van der Waals surface area contributed by atoms with Crippen LogP contribution in [0.15, 0.2) is 24.5 Å². The predicted octanol–water partition coefficient (Wildman–Crippen LogP) is -0.582. The Morgan fingerprint density at radius 2 is 2.00 bits per heavy atom. The molecule has 0 aromatic carbocycles. The fourth-order valence-corrected chi connectivity index (χ4v) is 1.03. The largest absolute Gasteiger partial charge is 0.364 e. The highest BCUT2D eigenvalue weighted by molar-refractivity contribution is 5.88. The van der Waals surface area contributed by atoms with Crippen molar-refractivity contribution in [3.63, 3.8) is 0 Å². The van der Waals surface area contributed by atoms with Crippen LogP contribution in [0.25, 0.3) is 0 Å². The van der Waals surface area contributed by atoms with E-state index in [1.54, 1.807) is 29.1 Å². The van der Waals surface area contributed by atoms with E-state index in [2.05, 4.69) is 5.32 Å². The monoisotopic (exact) mass is 194 g/mol. The molecule has 0 unspecified atom stereocenters. The number of rotatable bonds is 3. The highest BCUT2D eigenvalue weighted by Crippen LogP contribution is 2.01. The summed E-state index contributed by atoms with van der Waals surface area (Å²) in [5.74, 6) is -0.528. The van der Waals surface area contributed by atoms with E-state index in [1.807, 2.05) is 0 Å². The number of nitrogens with two attached hydrogens (primary N) is 1. The van der Waals surface area contributed by atoms with E-state index < -0.39 is 5.91 Å². The number of carbonyl (C=O) groups excluding carboxylic acids is 2. The molecule has 1 aromatic heterocycles. The van der Waals surface area contributed by atoms with Gasteiger partial charge in [0.25, 0.3) is 5.91 Å². The molecule has 0 atom stereocenters. The summed E-state index contributed by atoms with van der Waals surface area (Å²) in [5, 5.41) is 2.62. The number of hydrogen-bond acceptors (Lipinski definition) is 2. The molecule has 0 spiro atoms. The van der Waals surface area contributed by atoms with Crippen LogP contribution in [0, 0.1) is 0 Å². The molecule has 0 bridgehead atoms. The molecule has 1 heterocycles. The highest BCUT2D eigenvalue weighted by Gasteiger charge is 2.04. The predicted molar refractivity (Wildman–Crippen MR) is 50.1 cm³/mol. The molecule has 1 aromatic rings. The standard InChI is InChI=1S/C9H11N3O2/c1-7(13)11-8-2-4-12(5-3-8)6-9(10)14/h2-5H,6H2,1H3,(H2,10,14)/p+1. The number of nitrogens with zero attached hydrogens (tertiary/aromatic N) is 1. The molecule has 2 amide bonds. The van der Waals surface area contributed by atoms with Gasteiger partial charge in [0.05, 0.1) is 5.69 Å². The van der Waals surface area contributed by atoms with E-state index in [9.17, 15) is 9.59 Å². The topological polar surface area (TPSA) is 76.1 Å². The lowest BCUT2D eigenvalue weighted by atomic mass is 10.4. The van der Waals surface area contributed by atoms with Gasteiger partial charge in [0.15, 0.2) is 12.4 Å². The van der Waals surface area contributed by atoms with Crippen LogP contribution in [0.4, 0.5) is 5.69 Å². The second kappa shape index (κ2) is 4.36. The average Bonchev–Trinajstić information content (AvgIpc) is 2.06. The first-order chi connectivity index (χ1) is 6.58. The molecule has 74 valence electrons. The van der Waals surface area contributed by atoms with Crippen molar-refractivity contribution < 1.29 is 14.2 Å². The Labute approximate surface area is 81.5 Å². The van der Waals surface area contributed by atoms with Crippen LogP contribution in [0.1, 0.15) is 6.92 Å². The maximum atomic E-state index is 10.7. The first-order valence-electron chi connectivity index (χ1n) is 4.13. The van der Waals surface area contributed by atoms with Crippen molar-refractivity contribution in [1.29, 1.82) is 0 Å². The number of carbonyl (C=O) groups is 2. The molecule has 0 fully saturated rings. The summed E-state index contributed by atoms with van der Waals surface area (Å²) in [6, 6.07) is 3.40. The zero-order chi connectivity index (χ0) is 10.6. The fraction of sp³-hybridized carbons (Fsp3) is 0.222. The van der Waals surface area contributed by atoms with Crippen molar-refractivity contribution in [2.75, 3.05) is 5.32 Å². The van der Waals surface area contributed by atoms with Crippen molar-refractivity contribution in [2.45, 2.75) is 13.5 Å². The van der Waals surface area contributed by atoms with Gasteiger partial charge in [-0.2, -0.15) is 4.57 Å². The lowest BCUT2D eigenvalue weighted by Gasteiger charge is -1.99. The number of hydrogen-bond donors (Lipinski definition) is 2. The molecule has 5 nitrogen and oxygen atoms in total. The average molecular weight is 194 g/mol. The van der Waals surface area contributed by atoms with Crippen molar-refractivity contribution in [2.24, 2.45) is 5.73 Å². The van der Waals surface area contributed by atoms with Gasteiger partial charge in [0.1, 0.15) is 0 Å². The van der Waals surface area contributed by atoms with Gasteiger partial charge < -0.3 is 11.1 Å². The molecule has 3 N–H and O–H groups in total. The SMILES string of the molecule is CC(=O)Nc1cc[n+](CC(N)=O)cc1. The first kappa shape index (κ1) is 10.2. The third-order valence-electron chi connectivity index (χ3n) is 1.55. The molecular weight excluding hydrogens is 182 g/mol. The normalized spacial score (nSPS) is 9.50. The fourth-order valence-electron chi connectivity index (χ4n) is 1.03. The molecule has 1 rings (SSSR count). The Morgan fingerprint density at radius 3 is 2.43 bits per heavy atom. The van der Waals surface area contributed by atoms with Crippen LogP contribution in [0.2, 0.25) is 0 Å². The molecule has 0 aliphatic heterocycles. The summed E-state index contributed by atoms with van der Waals surface area (Å²) in [6.07, 6.45) is 3.35. The molecular formula is C9H12N3O2+. The summed E-state index contributed by atoms with van der Waals surface area (Å²) >= 11 is 0. The third-order valence-corrected chi connectivity index (χ3v) is 1.55. The van der Waals surface area contributed by atoms with Crippen molar-refractivity contribution in [3.8, 4) is 0 Å². The van der Waals surface area contributed by atoms with E-state index in [-0.39, 0.29) is 12.5 Å². The number of amides is 2. The van der Waals surface area contributed by atoms with E-state index >= 15 is 0 Å². The minimum absolute atomic E-state index is 0.127. The highest BCUT2D eigenvalue weighted by atomic mass is 16.1. The van der Waals surface area contributed by atoms with E-state index in [1.165, 1.54) is 6.92 Å². The Bertz CT molecular complexity index is 311. The van der Waals surface area contributed by atoms with E-state index in [4.69, 9.17) is 5.73 Å². The number of primary amides is 1. The Balaban J connectivity index is 2.68. The van der Waals surface area contributed by atoms with Gasteiger partial charge in [0, 0.05) is 19.1 Å². The van der Waals surface area contributed by atoms with Gasteiger partial charge >= 0.3 is 0 Å². The Kier molecular flexibility index (Phi) is 3.17. The molecule has 0 aliphatic rings. The molecule has 5 heteroatoms. The van der Waals surface area contributed by atoms with Crippen LogP contribution in [0.3, 0.4) is 0 Å². The van der Waals surface area contributed by atoms with Gasteiger partial charge in [-0.25, -0.2) is 0 Å². The zero-order valence-corrected chi connectivity index (χ0v) is 7.86. The summed E-state index contributed by atoms with van der Waals surface area (Å²) < 4.78 is 1.63. The van der Waals surface area contributed by atoms with E-state index in [0.717, 1.165) is 0 Å². The zero-order valence-electron chi connectivity index (χ0n) is 7.86. The quantitative estimate of drug-likeness (QED) is 0.631. The Morgan fingerprint density at radius 1 is 1.43 bits per heavy atom. The van der Waals surface area contributed by atoms with Crippen LogP contribution in [0.5, 0.6) is 0 Å². The van der Waals surface area contributed by atoms with Crippen LogP contribution < -0.4 is 15.6 Å². The maximum Gasteiger partial charge on any atom is 0.283 e. The smallest absolute Gasteiger partial charge is 0.283 e. The summed E-state index contributed by atoms with van der Waals surface area (Å²) in [5.41, 5.74) is 5.71. The van der Waals surface area contributed by atoms with Crippen molar-refractivity contribution in [3.05, 3.63) is 24.5 Å². The first-order valence-corrected chi connectivity index (χ1v) is 4.13. The van der Waals surface area contributed by atoms with Gasteiger partial charge in [-0.05, 0) is 0 Å². The van der Waals surface area contributed by atoms with Crippen LogP contribution >= 0.6 is 0 Å². The number of anilines is 1. The number of nitrogens with one attached hydrogen (secondary N) is 1. The van der Waals surface area contributed by atoms with E-state index in [0.29, 0.717) is 5.69 Å². The second-order valence-corrected chi connectivity index (χ2v) is 2.91. The minimum Gasteiger partial charge on any atom is -0.364 e. The third kappa shape index (κ3) is 3.22. The number of pyridine rings is 1. The molecule has 14 heavy (non-hydrogen) atoms. The van der Waals surface area contributed by atoms with Gasteiger partial charge in [0.2, 0.25) is 12.5 Å². The lowest BCUT2D eigenvalue weighted by Crippen LogP contribution is -2.40. The van der Waals surface area contributed by atoms with Crippen molar-refractivity contribution in [1.82, 2.24) is 0 Å². The lowest BCUT2D eigenvalue weighted by molar-refractivity contribution is -0.684. The molecule has 0 saturated heterocycles. The maximum absolute atomic E-state index is 10.7. The second-order valence-electron chi connectivity index (χ2n) is 2.91. The molecule has 0 aliphatic carbocycles. The van der Waals surface area contributed by atoms with Gasteiger partial charge in [-0.1, -0.05) is 0 Å². The molecule has 0 saturated carbocycles. The summed E-state index contributed by atoms with van der Waals surface area (Å²) in [4.78, 5) is 21.2. The summed E-state index contributed by atoms with van der Waals surface area (Å²) in [7, 11) is 0. The Hall–Kier alpha value is -1.91. The van der Waals surface area contributed by atoms with Gasteiger partial charge in [-0.15, -0.1) is 0 Å². The minimum atomic E-state index is -0.401. The van der Waals surface area contributed by atoms with Crippen LogP contribution in [-0.4, -0.2) is 11.8 Å². The summed E-state index contributed by atoms with van der Waals surface area (Å²) in [6.45, 7) is 1.57. The van der Waals surface area contributed by atoms with Crippen molar-refractivity contribution >= 4 is 17.5 Å². The molecule has 0 radical (unpaired) electrons. The van der Waals surface area contributed by atoms with Gasteiger partial charge in [-0.3, -0.25) is 9.59 Å².